The maximum Gasteiger partial charge on any atom is 0.314 e. The fraction of sp³-hybridized carbons (Fsp3) is 0.433. The quantitative estimate of drug-likeness (QED) is 0.149. The van der Waals surface area contributed by atoms with Crippen molar-refractivity contribution in [2.45, 2.75) is 55.4 Å². The Hall–Kier alpha value is -3.81. The molecule has 0 aromatic heterocycles. The smallest absolute Gasteiger partial charge is 0.314 e. The molecule has 206 valence electrons. The highest BCUT2D eigenvalue weighted by molar-refractivity contribution is 6.07. The van der Waals surface area contributed by atoms with Crippen LogP contribution in [0.15, 0.2) is 42.5 Å². The number of carbonyl (C=O) groups excluding carboxylic acids is 3. The zero-order valence-corrected chi connectivity index (χ0v) is 23.5. The molecule has 8 nitrogen and oxygen atoms in total. The van der Waals surface area contributed by atoms with E-state index in [-0.39, 0.29) is 31.3 Å². The first-order valence-corrected chi connectivity index (χ1v) is 12.4. The normalized spacial score (nSPS) is 11.7. The van der Waals surface area contributed by atoms with Crippen molar-refractivity contribution in [2.24, 2.45) is 10.8 Å². The van der Waals surface area contributed by atoms with Crippen LogP contribution in [0.1, 0.15) is 70.0 Å². The lowest BCUT2D eigenvalue weighted by Gasteiger charge is -2.18. The Morgan fingerprint density at radius 1 is 0.763 bits per heavy atom. The van der Waals surface area contributed by atoms with Gasteiger partial charge in [-0.15, -0.1) is 0 Å². The van der Waals surface area contributed by atoms with Gasteiger partial charge in [-0.3, -0.25) is 14.4 Å². The van der Waals surface area contributed by atoms with Gasteiger partial charge in [0.25, 0.3) is 0 Å². The van der Waals surface area contributed by atoms with Gasteiger partial charge >= 0.3 is 11.9 Å². The minimum atomic E-state index is -0.621. The van der Waals surface area contributed by atoms with Crippen LogP contribution >= 0.6 is 0 Å². The summed E-state index contributed by atoms with van der Waals surface area (Å²) in [6.07, 6.45) is 3.14. The van der Waals surface area contributed by atoms with E-state index in [0.29, 0.717) is 35.0 Å². The molecule has 0 atom stereocenters. The van der Waals surface area contributed by atoms with Gasteiger partial charge in [0, 0.05) is 17.2 Å². The van der Waals surface area contributed by atoms with Gasteiger partial charge in [0.1, 0.15) is 17.2 Å². The molecule has 0 aliphatic carbocycles. The predicted octanol–water partition coefficient (Wildman–Crippen LogP) is 6.14. The number of ketones is 1. The molecule has 0 fully saturated rings. The lowest BCUT2D eigenvalue weighted by molar-refractivity contribution is -0.160. The molecule has 0 N–H and O–H groups in total. The molecule has 0 saturated carbocycles. The van der Waals surface area contributed by atoms with E-state index in [2.05, 4.69) is 0 Å². The van der Waals surface area contributed by atoms with Crippen molar-refractivity contribution in [3.8, 4) is 17.2 Å². The summed E-state index contributed by atoms with van der Waals surface area (Å²) in [6, 6.07) is 10.1. The van der Waals surface area contributed by atoms with E-state index < -0.39 is 10.8 Å². The van der Waals surface area contributed by atoms with Crippen LogP contribution in [0, 0.1) is 17.8 Å². The van der Waals surface area contributed by atoms with Crippen molar-refractivity contribution in [3.05, 3.63) is 59.2 Å². The average Bonchev–Trinajstić information content (AvgIpc) is 2.83. The Morgan fingerprint density at radius 2 is 1.32 bits per heavy atom. The van der Waals surface area contributed by atoms with Crippen LogP contribution in [0.3, 0.4) is 0 Å². The van der Waals surface area contributed by atoms with Gasteiger partial charge in [0.05, 0.1) is 17.4 Å². The van der Waals surface area contributed by atoms with Crippen LogP contribution < -0.4 is 14.2 Å². The van der Waals surface area contributed by atoms with E-state index in [4.69, 9.17) is 23.7 Å². The Kier molecular flexibility index (Phi) is 10.5. The van der Waals surface area contributed by atoms with Crippen molar-refractivity contribution in [3.63, 3.8) is 0 Å². The van der Waals surface area contributed by atoms with Crippen LogP contribution in [0.2, 0.25) is 0 Å². The largest absolute Gasteiger partial charge is 0.493 e. The van der Waals surface area contributed by atoms with Crippen LogP contribution in [-0.2, 0) is 19.1 Å². The molecule has 0 aliphatic rings. The molecular weight excluding hydrogens is 488 g/mol. The zero-order valence-electron chi connectivity index (χ0n) is 23.5. The van der Waals surface area contributed by atoms with E-state index in [0.717, 1.165) is 5.56 Å². The molecule has 0 amide bonds. The third-order valence-electron chi connectivity index (χ3n) is 5.21. The van der Waals surface area contributed by atoms with Gasteiger partial charge < -0.3 is 23.7 Å². The van der Waals surface area contributed by atoms with Crippen molar-refractivity contribution in [1.82, 2.24) is 0 Å². The Labute approximate surface area is 224 Å². The Morgan fingerprint density at radius 3 is 1.84 bits per heavy atom. The molecular formula is C30H38O8. The lowest BCUT2D eigenvalue weighted by Crippen LogP contribution is -2.24. The number of benzene rings is 2. The van der Waals surface area contributed by atoms with Crippen molar-refractivity contribution < 1.29 is 38.1 Å². The number of ether oxygens (including phenoxy) is 5. The second kappa shape index (κ2) is 13.1. The molecule has 0 spiro atoms. The summed E-state index contributed by atoms with van der Waals surface area (Å²) in [7, 11) is 0. The first-order valence-electron chi connectivity index (χ1n) is 12.4. The number of rotatable bonds is 11. The van der Waals surface area contributed by atoms with E-state index in [1.54, 1.807) is 78.0 Å². The summed E-state index contributed by atoms with van der Waals surface area (Å²) < 4.78 is 27.1. The predicted molar refractivity (Wildman–Crippen MR) is 144 cm³/mol. The molecule has 38 heavy (non-hydrogen) atoms. The van der Waals surface area contributed by atoms with Gasteiger partial charge in [-0.2, -0.15) is 0 Å². The van der Waals surface area contributed by atoms with Crippen LogP contribution in [-0.4, -0.2) is 37.9 Å². The summed E-state index contributed by atoms with van der Waals surface area (Å²) in [6.45, 7) is 14.3. The summed E-state index contributed by atoms with van der Waals surface area (Å²) in [5, 5.41) is 0. The minimum absolute atomic E-state index is 0.203. The number of esters is 2. The SMILES string of the molecule is CCOc1cc(OCOC(=O)C(C)(C)C)c(C)cc1/C=C/C(=O)c1ccc(OCOC(=O)C(C)(C)C)cc1. The number of allylic oxidation sites excluding steroid dienone is 1. The first kappa shape index (κ1) is 30.4. The molecule has 0 aliphatic heterocycles. The molecule has 8 heteroatoms. The fourth-order valence-corrected chi connectivity index (χ4v) is 2.97. The Bertz CT molecular complexity index is 1150. The molecule has 0 saturated heterocycles. The highest BCUT2D eigenvalue weighted by atomic mass is 16.7. The maximum absolute atomic E-state index is 12.7. The van der Waals surface area contributed by atoms with E-state index in [1.165, 1.54) is 6.08 Å². The van der Waals surface area contributed by atoms with Crippen LogP contribution in [0.25, 0.3) is 6.08 Å². The highest BCUT2D eigenvalue weighted by Crippen LogP contribution is 2.30. The number of hydrogen-bond acceptors (Lipinski definition) is 8. The minimum Gasteiger partial charge on any atom is -0.493 e. The number of hydrogen-bond donors (Lipinski definition) is 0. The van der Waals surface area contributed by atoms with E-state index in [1.807, 2.05) is 19.9 Å². The molecule has 0 heterocycles. The molecule has 0 unspecified atom stereocenters. The number of aryl methyl sites for hydroxylation is 1. The standard InChI is InChI=1S/C30H38O8/c1-9-34-26-17-25(36-19-38-28(33)30(6,7)8)20(2)16-22(26)12-15-24(31)21-10-13-23(14-11-21)35-18-37-27(32)29(3,4)5/h10-17H,9,18-19H2,1-8H3/b15-12+. The first-order chi connectivity index (χ1) is 17.7. The molecule has 2 aromatic rings. The van der Waals surface area contributed by atoms with Gasteiger partial charge in [0.15, 0.2) is 5.78 Å². The third-order valence-corrected chi connectivity index (χ3v) is 5.21. The van der Waals surface area contributed by atoms with Gasteiger partial charge in [-0.05, 0) is 103 Å². The topological polar surface area (TPSA) is 97.4 Å². The summed E-state index contributed by atoms with van der Waals surface area (Å²) in [5.74, 6) is 0.604. The summed E-state index contributed by atoms with van der Waals surface area (Å²) in [4.78, 5) is 36.5. The second-order valence-electron chi connectivity index (χ2n) is 10.7. The molecule has 2 aromatic carbocycles. The Balaban J connectivity index is 2.04. The number of carbonyl (C=O) groups is 3. The van der Waals surface area contributed by atoms with Crippen molar-refractivity contribution in [1.29, 1.82) is 0 Å². The van der Waals surface area contributed by atoms with Gasteiger partial charge in [0.2, 0.25) is 13.6 Å². The highest BCUT2D eigenvalue weighted by Gasteiger charge is 2.24. The lowest BCUT2D eigenvalue weighted by atomic mass is 9.97. The summed E-state index contributed by atoms with van der Waals surface area (Å²) in [5.41, 5.74) is 0.736. The zero-order chi connectivity index (χ0) is 28.5. The van der Waals surface area contributed by atoms with Gasteiger partial charge in [-0.25, -0.2) is 0 Å². The van der Waals surface area contributed by atoms with E-state index in [9.17, 15) is 14.4 Å². The van der Waals surface area contributed by atoms with Gasteiger partial charge in [-0.1, -0.05) is 0 Å². The molecule has 0 bridgehead atoms. The average molecular weight is 527 g/mol. The monoisotopic (exact) mass is 526 g/mol. The van der Waals surface area contributed by atoms with Crippen LogP contribution in [0.4, 0.5) is 0 Å². The maximum atomic E-state index is 12.7. The van der Waals surface area contributed by atoms with Crippen LogP contribution in [0.5, 0.6) is 17.2 Å². The van der Waals surface area contributed by atoms with E-state index >= 15 is 0 Å². The van der Waals surface area contributed by atoms with Crippen molar-refractivity contribution in [2.75, 3.05) is 20.2 Å². The third kappa shape index (κ3) is 9.25. The fourth-order valence-electron chi connectivity index (χ4n) is 2.97. The molecule has 0 radical (unpaired) electrons. The molecule has 2 rings (SSSR count). The second-order valence-corrected chi connectivity index (χ2v) is 10.7. The summed E-state index contributed by atoms with van der Waals surface area (Å²) >= 11 is 0. The van der Waals surface area contributed by atoms with Crippen molar-refractivity contribution >= 4 is 23.8 Å².